The highest BCUT2D eigenvalue weighted by atomic mass is 16.4. The fourth-order valence-corrected chi connectivity index (χ4v) is 1.53. The molecule has 0 saturated carbocycles. The Morgan fingerprint density at radius 3 is 2.80 bits per heavy atom. The Hall–Kier alpha value is -2.10. The lowest BCUT2D eigenvalue weighted by Crippen LogP contribution is -2.01. The molecule has 2 N–H and O–H groups in total. The molecular weight excluding hydrogens is 194 g/mol. The van der Waals surface area contributed by atoms with E-state index in [9.17, 15) is 9.90 Å². The number of aromatic nitrogens is 1. The van der Waals surface area contributed by atoms with Crippen LogP contribution in [0.4, 0.5) is 0 Å². The van der Waals surface area contributed by atoms with Gasteiger partial charge in [-0.25, -0.2) is 4.79 Å². The molecule has 0 bridgehead atoms. The highest BCUT2D eigenvalue weighted by molar-refractivity contribution is 5.96. The molecule has 4 nitrogen and oxygen atoms in total. The third kappa shape index (κ3) is 1.50. The minimum Gasteiger partial charge on any atom is -0.508 e. The van der Waals surface area contributed by atoms with Gasteiger partial charge < -0.3 is 10.2 Å². The molecule has 0 aliphatic rings. The van der Waals surface area contributed by atoms with Crippen molar-refractivity contribution in [1.82, 2.24) is 4.98 Å². The van der Waals surface area contributed by atoms with Crippen molar-refractivity contribution in [3.8, 4) is 5.75 Å². The summed E-state index contributed by atoms with van der Waals surface area (Å²) in [5.41, 5.74) is 1.45. The highest BCUT2D eigenvalue weighted by Gasteiger charge is 2.10. The number of aryl methyl sites for hydroxylation is 1. The molecule has 0 aliphatic carbocycles. The zero-order chi connectivity index (χ0) is 11.0. The van der Waals surface area contributed by atoms with Crippen molar-refractivity contribution in [2.24, 2.45) is 0 Å². The summed E-state index contributed by atoms with van der Waals surface area (Å²) in [6.07, 6.45) is 1.33. The summed E-state index contributed by atoms with van der Waals surface area (Å²) < 4.78 is 0. The van der Waals surface area contributed by atoms with Crippen LogP contribution in [0.2, 0.25) is 0 Å². The van der Waals surface area contributed by atoms with Crippen LogP contribution >= 0.6 is 0 Å². The monoisotopic (exact) mass is 203 g/mol. The molecule has 0 unspecified atom stereocenters. The van der Waals surface area contributed by atoms with Crippen LogP contribution in [0.3, 0.4) is 0 Å². The number of rotatable bonds is 1. The van der Waals surface area contributed by atoms with Crippen molar-refractivity contribution in [3.05, 3.63) is 35.5 Å². The van der Waals surface area contributed by atoms with Crippen LogP contribution in [0.5, 0.6) is 5.75 Å². The van der Waals surface area contributed by atoms with Crippen molar-refractivity contribution in [3.63, 3.8) is 0 Å². The maximum Gasteiger partial charge on any atom is 0.337 e. The largest absolute Gasteiger partial charge is 0.508 e. The molecule has 1 heterocycles. The normalized spacial score (nSPS) is 10.5. The lowest BCUT2D eigenvalue weighted by molar-refractivity contribution is 0.0696. The molecule has 0 radical (unpaired) electrons. The second-order valence-corrected chi connectivity index (χ2v) is 3.30. The fraction of sp³-hybridized carbons (Fsp3) is 0.0909. The summed E-state index contributed by atoms with van der Waals surface area (Å²) in [5.74, 6) is -0.903. The molecule has 0 fully saturated rings. The van der Waals surface area contributed by atoms with Crippen LogP contribution in [-0.4, -0.2) is 21.2 Å². The number of phenols is 1. The van der Waals surface area contributed by atoms with E-state index in [0.29, 0.717) is 16.5 Å². The van der Waals surface area contributed by atoms with Crippen molar-refractivity contribution >= 4 is 16.9 Å². The van der Waals surface area contributed by atoms with Crippen LogP contribution in [0.25, 0.3) is 10.9 Å². The lowest BCUT2D eigenvalue weighted by atomic mass is 10.1. The molecule has 0 saturated heterocycles. The number of pyridine rings is 1. The van der Waals surface area contributed by atoms with Gasteiger partial charge in [-0.3, -0.25) is 4.98 Å². The van der Waals surface area contributed by atoms with Gasteiger partial charge >= 0.3 is 5.97 Å². The standard InChI is InChI=1S/C11H9NO3/c1-6-8-4-7(13)2-3-10(8)12-5-9(6)11(14)15/h2-5,13H,1H3,(H,14,15). The molecule has 2 rings (SSSR count). The summed E-state index contributed by atoms with van der Waals surface area (Å²) in [5, 5.41) is 18.9. The Morgan fingerprint density at radius 1 is 1.40 bits per heavy atom. The number of hydrogen-bond acceptors (Lipinski definition) is 3. The number of carbonyl (C=O) groups is 1. The van der Waals surface area contributed by atoms with E-state index in [0.717, 1.165) is 0 Å². The topological polar surface area (TPSA) is 70.4 Å². The van der Waals surface area contributed by atoms with Crippen molar-refractivity contribution in [2.75, 3.05) is 0 Å². The molecule has 0 amide bonds. The number of benzene rings is 1. The molecule has 0 aliphatic heterocycles. The number of carboxylic acid groups (broad SMARTS) is 1. The number of carboxylic acids is 1. The Balaban J connectivity index is 2.82. The summed E-state index contributed by atoms with van der Waals surface area (Å²) in [7, 11) is 0. The van der Waals surface area contributed by atoms with Crippen LogP contribution in [0, 0.1) is 6.92 Å². The zero-order valence-electron chi connectivity index (χ0n) is 8.06. The summed E-state index contributed by atoms with van der Waals surface area (Å²) >= 11 is 0. The Labute approximate surface area is 85.8 Å². The van der Waals surface area contributed by atoms with Gasteiger partial charge in [-0.1, -0.05) is 0 Å². The minimum atomic E-state index is -1.01. The molecule has 4 heteroatoms. The SMILES string of the molecule is Cc1c(C(=O)O)cnc2ccc(O)cc12. The third-order valence-corrected chi connectivity index (χ3v) is 2.35. The van der Waals surface area contributed by atoms with Gasteiger partial charge in [-0.05, 0) is 30.7 Å². The predicted molar refractivity (Wildman–Crippen MR) is 55.1 cm³/mol. The van der Waals surface area contributed by atoms with Gasteiger partial charge in [-0.2, -0.15) is 0 Å². The maximum absolute atomic E-state index is 10.8. The molecule has 15 heavy (non-hydrogen) atoms. The summed E-state index contributed by atoms with van der Waals surface area (Å²) in [6.45, 7) is 1.70. The van der Waals surface area contributed by atoms with Gasteiger partial charge in [0.1, 0.15) is 5.75 Å². The Morgan fingerprint density at radius 2 is 2.13 bits per heavy atom. The Bertz CT molecular complexity index is 549. The van der Waals surface area contributed by atoms with E-state index in [1.54, 1.807) is 13.0 Å². The molecule has 2 aromatic rings. The van der Waals surface area contributed by atoms with Gasteiger partial charge in [0, 0.05) is 11.6 Å². The van der Waals surface area contributed by atoms with E-state index >= 15 is 0 Å². The van der Waals surface area contributed by atoms with Gasteiger partial charge in [-0.15, -0.1) is 0 Å². The highest BCUT2D eigenvalue weighted by Crippen LogP contribution is 2.23. The van der Waals surface area contributed by atoms with Crippen molar-refractivity contribution in [1.29, 1.82) is 0 Å². The number of fused-ring (bicyclic) bond motifs is 1. The number of phenolic OH excluding ortho intramolecular Hbond substituents is 1. The number of nitrogens with zero attached hydrogens (tertiary/aromatic N) is 1. The molecule has 0 atom stereocenters. The third-order valence-electron chi connectivity index (χ3n) is 2.35. The van der Waals surface area contributed by atoms with Crippen LogP contribution in [0.1, 0.15) is 15.9 Å². The number of hydrogen-bond donors (Lipinski definition) is 2. The predicted octanol–water partition coefficient (Wildman–Crippen LogP) is 1.95. The second kappa shape index (κ2) is 3.24. The maximum atomic E-state index is 10.8. The quantitative estimate of drug-likeness (QED) is 0.743. The molecule has 1 aromatic heterocycles. The molecule has 0 spiro atoms. The lowest BCUT2D eigenvalue weighted by Gasteiger charge is -2.05. The van der Waals surface area contributed by atoms with Crippen LogP contribution in [0.15, 0.2) is 24.4 Å². The summed E-state index contributed by atoms with van der Waals surface area (Å²) in [4.78, 5) is 14.9. The van der Waals surface area contributed by atoms with E-state index in [-0.39, 0.29) is 11.3 Å². The first kappa shape index (κ1) is 9.45. The first-order valence-electron chi connectivity index (χ1n) is 4.41. The van der Waals surface area contributed by atoms with Gasteiger partial charge in [0.25, 0.3) is 0 Å². The Kier molecular flexibility index (Phi) is 2.04. The molecular formula is C11H9NO3. The number of aromatic hydroxyl groups is 1. The molecule has 1 aromatic carbocycles. The second-order valence-electron chi connectivity index (χ2n) is 3.30. The first-order chi connectivity index (χ1) is 7.09. The average Bonchev–Trinajstić information content (AvgIpc) is 2.19. The van der Waals surface area contributed by atoms with Gasteiger partial charge in [0.05, 0.1) is 11.1 Å². The van der Waals surface area contributed by atoms with E-state index in [1.807, 2.05) is 0 Å². The average molecular weight is 203 g/mol. The zero-order valence-corrected chi connectivity index (χ0v) is 8.06. The molecule has 76 valence electrons. The van der Waals surface area contributed by atoms with Crippen molar-refractivity contribution < 1.29 is 15.0 Å². The van der Waals surface area contributed by atoms with E-state index in [4.69, 9.17) is 5.11 Å². The van der Waals surface area contributed by atoms with Crippen LogP contribution < -0.4 is 0 Å². The van der Waals surface area contributed by atoms with E-state index in [2.05, 4.69) is 4.98 Å². The van der Waals surface area contributed by atoms with Gasteiger partial charge in [0.2, 0.25) is 0 Å². The van der Waals surface area contributed by atoms with Crippen molar-refractivity contribution in [2.45, 2.75) is 6.92 Å². The van der Waals surface area contributed by atoms with Crippen LogP contribution in [-0.2, 0) is 0 Å². The van der Waals surface area contributed by atoms with Gasteiger partial charge in [0.15, 0.2) is 0 Å². The number of aromatic carboxylic acids is 1. The van der Waals surface area contributed by atoms with E-state index in [1.165, 1.54) is 18.3 Å². The summed E-state index contributed by atoms with van der Waals surface area (Å²) in [6, 6.07) is 4.70. The fourth-order valence-electron chi connectivity index (χ4n) is 1.53. The smallest absolute Gasteiger partial charge is 0.337 e. The first-order valence-corrected chi connectivity index (χ1v) is 4.41. The minimum absolute atomic E-state index is 0.106. The van der Waals surface area contributed by atoms with E-state index < -0.39 is 5.97 Å².